The third kappa shape index (κ3) is 3.35. The highest BCUT2D eigenvalue weighted by atomic mass is 19.2. The number of nitrogens with one attached hydrogen (secondary N) is 1. The highest BCUT2D eigenvalue weighted by molar-refractivity contribution is 5.46. The van der Waals surface area contributed by atoms with Crippen LogP contribution in [0.4, 0.5) is 14.5 Å². The molecule has 0 aliphatic rings. The van der Waals surface area contributed by atoms with Gasteiger partial charge in [0.2, 0.25) is 0 Å². The van der Waals surface area contributed by atoms with Crippen LogP contribution in [-0.4, -0.2) is 6.61 Å². The summed E-state index contributed by atoms with van der Waals surface area (Å²) >= 11 is 0. The fourth-order valence-corrected chi connectivity index (χ4v) is 1.77. The van der Waals surface area contributed by atoms with E-state index in [1.807, 2.05) is 24.3 Å². The molecule has 0 atom stereocenters. The summed E-state index contributed by atoms with van der Waals surface area (Å²) in [6.07, 6.45) is 1.65. The van der Waals surface area contributed by atoms with Crippen LogP contribution in [0.25, 0.3) is 0 Å². The Balaban J connectivity index is 2.10. The van der Waals surface area contributed by atoms with Crippen LogP contribution in [0.2, 0.25) is 0 Å². The minimum absolute atomic E-state index is 0.128. The summed E-state index contributed by atoms with van der Waals surface area (Å²) in [6.45, 7) is 4.32. The van der Waals surface area contributed by atoms with Crippen LogP contribution in [0.1, 0.15) is 5.56 Å². The Morgan fingerprint density at radius 3 is 2.70 bits per heavy atom. The van der Waals surface area contributed by atoms with Crippen LogP contribution in [0.3, 0.4) is 0 Å². The van der Waals surface area contributed by atoms with Gasteiger partial charge in [-0.1, -0.05) is 36.9 Å². The summed E-state index contributed by atoms with van der Waals surface area (Å²) in [6, 6.07) is 11.4. The second-order valence-corrected chi connectivity index (χ2v) is 4.16. The van der Waals surface area contributed by atoms with Crippen LogP contribution in [0.15, 0.2) is 55.1 Å². The highest BCUT2D eigenvalue weighted by Crippen LogP contribution is 2.21. The fourth-order valence-electron chi connectivity index (χ4n) is 1.77. The molecule has 0 saturated heterocycles. The minimum atomic E-state index is -0.878. The van der Waals surface area contributed by atoms with E-state index in [9.17, 15) is 8.78 Å². The van der Waals surface area contributed by atoms with Crippen molar-refractivity contribution in [3.05, 3.63) is 72.3 Å². The Kier molecular flexibility index (Phi) is 4.71. The van der Waals surface area contributed by atoms with Crippen LogP contribution in [0, 0.1) is 11.6 Å². The van der Waals surface area contributed by atoms with Crippen LogP contribution in [-0.2, 0) is 6.54 Å². The number of anilines is 1. The van der Waals surface area contributed by atoms with Crippen molar-refractivity contribution in [1.82, 2.24) is 0 Å². The maximum absolute atomic E-state index is 13.5. The zero-order valence-electron chi connectivity index (χ0n) is 10.9. The molecule has 2 aromatic carbocycles. The summed E-state index contributed by atoms with van der Waals surface area (Å²) in [7, 11) is 0. The molecule has 1 N–H and O–H groups in total. The zero-order chi connectivity index (χ0) is 14.4. The van der Waals surface area contributed by atoms with Gasteiger partial charge in [-0.25, -0.2) is 8.78 Å². The monoisotopic (exact) mass is 275 g/mol. The van der Waals surface area contributed by atoms with Gasteiger partial charge in [-0.05, 0) is 18.2 Å². The molecule has 0 amide bonds. The van der Waals surface area contributed by atoms with E-state index in [0.717, 1.165) is 11.6 Å². The molecule has 104 valence electrons. The van der Waals surface area contributed by atoms with Gasteiger partial charge in [-0.2, -0.15) is 0 Å². The average molecular weight is 275 g/mol. The van der Waals surface area contributed by atoms with E-state index in [4.69, 9.17) is 4.74 Å². The van der Waals surface area contributed by atoms with E-state index >= 15 is 0 Å². The molecule has 4 heteroatoms. The summed E-state index contributed by atoms with van der Waals surface area (Å²) in [5, 5.41) is 2.87. The lowest BCUT2D eigenvalue weighted by Crippen LogP contribution is -2.05. The highest BCUT2D eigenvalue weighted by Gasteiger charge is 2.08. The van der Waals surface area contributed by atoms with Crippen molar-refractivity contribution in [1.29, 1.82) is 0 Å². The first-order chi connectivity index (χ1) is 9.72. The molecule has 0 saturated carbocycles. The Hall–Kier alpha value is -2.36. The Morgan fingerprint density at radius 2 is 1.90 bits per heavy atom. The molecule has 0 aliphatic heterocycles. The molecule has 0 fully saturated rings. The molecule has 0 aliphatic carbocycles. The van der Waals surface area contributed by atoms with Crippen molar-refractivity contribution >= 4 is 5.69 Å². The van der Waals surface area contributed by atoms with E-state index in [0.29, 0.717) is 18.9 Å². The SMILES string of the molecule is C=CCOc1ccccc1CNc1cccc(F)c1F. The predicted molar refractivity (Wildman–Crippen MR) is 75.8 cm³/mol. The largest absolute Gasteiger partial charge is 0.489 e. The standard InChI is InChI=1S/C16H15F2NO/c1-2-10-20-15-9-4-3-6-12(15)11-19-14-8-5-7-13(17)16(14)18/h2-9,19H,1,10-11H2. The summed E-state index contributed by atoms with van der Waals surface area (Å²) < 4.78 is 32.1. The molecule has 0 aromatic heterocycles. The normalized spacial score (nSPS) is 10.1. The quantitative estimate of drug-likeness (QED) is 0.800. The smallest absolute Gasteiger partial charge is 0.181 e. The van der Waals surface area contributed by atoms with E-state index in [1.165, 1.54) is 12.1 Å². The lowest BCUT2D eigenvalue weighted by atomic mass is 10.2. The number of rotatable bonds is 6. The molecule has 2 aromatic rings. The third-order valence-corrected chi connectivity index (χ3v) is 2.75. The van der Waals surface area contributed by atoms with E-state index in [2.05, 4.69) is 11.9 Å². The molecule has 0 heterocycles. The molecule has 0 unspecified atom stereocenters. The van der Waals surface area contributed by atoms with Gasteiger partial charge < -0.3 is 10.1 Å². The van der Waals surface area contributed by atoms with Gasteiger partial charge in [0.1, 0.15) is 12.4 Å². The molecule has 0 bridgehead atoms. The number of halogens is 2. The predicted octanol–water partition coefficient (Wildman–Crippen LogP) is 4.14. The first-order valence-electron chi connectivity index (χ1n) is 6.22. The van der Waals surface area contributed by atoms with Gasteiger partial charge in [-0.3, -0.25) is 0 Å². The van der Waals surface area contributed by atoms with Crippen molar-refractivity contribution in [2.45, 2.75) is 6.54 Å². The van der Waals surface area contributed by atoms with Crippen molar-refractivity contribution < 1.29 is 13.5 Å². The van der Waals surface area contributed by atoms with Crippen molar-refractivity contribution in [2.24, 2.45) is 0 Å². The first-order valence-corrected chi connectivity index (χ1v) is 6.22. The Bertz CT molecular complexity index is 599. The van der Waals surface area contributed by atoms with Gasteiger partial charge >= 0.3 is 0 Å². The number of hydrogen-bond acceptors (Lipinski definition) is 2. The molecule has 0 radical (unpaired) electrons. The molecule has 2 nitrogen and oxygen atoms in total. The molecular formula is C16H15F2NO. The molecule has 0 spiro atoms. The van der Waals surface area contributed by atoms with Gasteiger partial charge in [0.25, 0.3) is 0 Å². The number of ether oxygens (including phenoxy) is 1. The zero-order valence-corrected chi connectivity index (χ0v) is 10.9. The molecular weight excluding hydrogens is 260 g/mol. The number of para-hydroxylation sites is 1. The molecule has 20 heavy (non-hydrogen) atoms. The van der Waals surface area contributed by atoms with Crippen LogP contribution >= 0.6 is 0 Å². The third-order valence-electron chi connectivity index (χ3n) is 2.75. The summed E-state index contributed by atoms with van der Waals surface area (Å²) in [5.41, 5.74) is 0.988. The minimum Gasteiger partial charge on any atom is -0.489 e. The average Bonchev–Trinajstić information content (AvgIpc) is 2.47. The molecule has 2 rings (SSSR count). The topological polar surface area (TPSA) is 21.3 Å². The lowest BCUT2D eigenvalue weighted by Gasteiger charge is -2.12. The second-order valence-electron chi connectivity index (χ2n) is 4.16. The summed E-state index contributed by atoms with van der Waals surface area (Å²) in [5.74, 6) is -1.06. The van der Waals surface area contributed by atoms with Gasteiger partial charge in [0.15, 0.2) is 11.6 Å². The second kappa shape index (κ2) is 6.70. The maximum atomic E-state index is 13.5. The van der Waals surface area contributed by atoms with E-state index < -0.39 is 11.6 Å². The summed E-state index contributed by atoms with van der Waals surface area (Å²) in [4.78, 5) is 0. The van der Waals surface area contributed by atoms with E-state index in [-0.39, 0.29) is 5.69 Å². The van der Waals surface area contributed by atoms with Gasteiger partial charge in [0.05, 0.1) is 5.69 Å². The van der Waals surface area contributed by atoms with Crippen LogP contribution in [0.5, 0.6) is 5.75 Å². The number of hydrogen-bond donors (Lipinski definition) is 1. The van der Waals surface area contributed by atoms with Gasteiger partial charge in [-0.15, -0.1) is 0 Å². The Labute approximate surface area is 116 Å². The van der Waals surface area contributed by atoms with Crippen LogP contribution < -0.4 is 10.1 Å². The maximum Gasteiger partial charge on any atom is 0.181 e. The fraction of sp³-hybridized carbons (Fsp3) is 0.125. The van der Waals surface area contributed by atoms with Crippen molar-refractivity contribution in [3.63, 3.8) is 0 Å². The lowest BCUT2D eigenvalue weighted by molar-refractivity contribution is 0.359. The first kappa shape index (κ1) is 14.1. The van der Waals surface area contributed by atoms with Gasteiger partial charge in [0, 0.05) is 12.1 Å². The Morgan fingerprint density at radius 1 is 1.10 bits per heavy atom. The van der Waals surface area contributed by atoms with E-state index in [1.54, 1.807) is 6.08 Å². The number of benzene rings is 2. The van der Waals surface area contributed by atoms with Crippen molar-refractivity contribution in [3.8, 4) is 5.75 Å². The van der Waals surface area contributed by atoms with Crippen molar-refractivity contribution in [2.75, 3.05) is 11.9 Å².